The van der Waals surface area contributed by atoms with Crippen molar-refractivity contribution in [3.05, 3.63) is 30.1 Å². The number of nitrogens with zero attached hydrogens (tertiary/aromatic N) is 4. The molecule has 0 amide bonds. The summed E-state index contributed by atoms with van der Waals surface area (Å²) in [6.45, 7) is 1.44. The number of fused-ring (bicyclic) bond motifs is 1. The standard InChI is InChI=1S/C16H21N7O2/c24-7-9-25-8-5-17-15-13-2-1-6-23(13)22-16(19-15)18-14-10-12(20-21-14)11-3-4-11/h1-2,6,10-11,24H,3-5,7-9H2,(H3,17,18,19,20,21,22). The molecular formula is C16H21N7O2. The summed E-state index contributed by atoms with van der Waals surface area (Å²) in [6, 6.07) is 5.87. The van der Waals surface area contributed by atoms with Crippen LogP contribution in [-0.4, -0.2) is 56.3 Å². The summed E-state index contributed by atoms with van der Waals surface area (Å²) in [5, 5.41) is 26.9. The lowest BCUT2D eigenvalue weighted by Crippen LogP contribution is -2.14. The summed E-state index contributed by atoms with van der Waals surface area (Å²) in [7, 11) is 0. The van der Waals surface area contributed by atoms with Crippen LogP contribution in [0.1, 0.15) is 24.5 Å². The van der Waals surface area contributed by atoms with E-state index in [4.69, 9.17) is 9.84 Å². The van der Waals surface area contributed by atoms with Crippen LogP contribution in [-0.2, 0) is 4.74 Å². The van der Waals surface area contributed by atoms with Crippen LogP contribution in [0.4, 0.5) is 17.6 Å². The summed E-state index contributed by atoms with van der Waals surface area (Å²) < 4.78 is 7.03. The molecule has 4 rings (SSSR count). The Morgan fingerprint density at radius 1 is 1.36 bits per heavy atom. The highest BCUT2D eigenvalue weighted by molar-refractivity contribution is 5.69. The van der Waals surface area contributed by atoms with E-state index in [1.54, 1.807) is 4.52 Å². The zero-order valence-corrected chi connectivity index (χ0v) is 13.8. The summed E-state index contributed by atoms with van der Waals surface area (Å²) >= 11 is 0. The average Bonchev–Trinajstić information content (AvgIpc) is 3.17. The normalized spacial score (nSPS) is 14.1. The van der Waals surface area contributed by atoms with Gasteiger partial charge in [0.15, 0.2) is 11.6 Å². The minimum Gasteiger partial charge on any atom is -0.394 e. The molecule has 132 valence electrons. The Kier molecular flexibility index (Phi) is 4.49. The molecule has 0 unspecified atom stereocenters. The van der Waals surface area contributed by atoms with Gasteiger partial charge in [-0.25, -0.2) is 4.52 Å². The molecule has 3 aromatic rings. The minimum absolute atomic E-state index is 0.0248. The second-order valence-corrected chi connectivity index (χ2v) is 5.99. The van der Waals surface area contributed by atoms with E-state index in [1.165, 1.54) is 12.8 Å². The third kappa shape index (κ3) is 3.72. The SMILES string of the molecule is OCCOCCNc1nc(Nc2cc(C3CC3)[nH]n2)nn2cccc12. The van der Waals surface area contributed by atoms with Crippen molar-refractivity contribution >= 4 is 23.1 Å². The van der Waals surface area contributed by atoms with Gasteiger partial charge >= 0.3 is 0 Å². The van der Waals surface area contributed by atoms with E-state index in [0.717, 1.165) is 11.2 Å². The van der Waals surface area contributed by atoms with Gasteiger partial charge in [0.05, 0.1) is 19.8 Å². The van der Waals surface area contributed by atoms with Crippen LogP contribution in [0.3, 0.4) is 0 Å². The van der Waals surface area contributed by atoms with Crippen molar-refractivity contribution < 1.29 is 9.84 Å². The molecule has 0 saturated heterocycles. The smallest absolute Gasteiger partial charge is 0.248 e. The van der Waals surface area contributed by atoms with Crippen LogP contribution in [0.15, 0.2) is 24.4 Å². The molecule has 25 heavy (non-hydrogen) atoms. The molecule has 3 aromatic heterocycles. The van der Waals surface area contributed by atoms with Crippen LogP contribution in [0, 0.1) is 0 Å². The van der Waals surface area contributed by atoms with E-state index in [-0.39, 0.29) is 6.61 Å². The van der Waals surface area contributed by atoms with Crippen molar-refractivity contribution in [3.63, 3.8) is 0 Å². The second-order valence-electron chi connectivity index (χ2n) is 5.99. The molecule has 1 aliphatic rings. The first-order valence-electron chi connectivity index (χ1n) is 8.43. The molecule has 1 fully saturated rings. The van der Waals surface area contributed by atoms with Crippen molar-refractivity contribution in [1.29, 1.82) is 0 Å². The lowest BCUT2D eigenvalue weighted by atomic mass is 10.3. The maximum Gasteiger partial charge on any atom is 0.248 e. The number of aliphatic hydroxyl groups excluding tert-OH is 1. The number of rotatable bonds is 9. The zero-order valence-electron chi connectivity index (χ0n) is 13.8. The molecule has 0 radical (unpaired) electrons. The Bertz CT molecular complexity index is 840. The van der Waals surface area contributed by atoms with E-state index in [1.807, 2.05) is 24.4 Å². The maximum absolute atomic E-state index is 8.73. The summed E-state index contributed by atoms with van der Waals surface area (Å²) in [6.07, 6.45) is 4.32. The highest BCUT2D eigenvalue weighted by Gasteiger charge is 2.25. The van der Waals surface area contributed by atoms with Crippen LogP contribution in [0.5, 0.6) is 0 Å². The summed E-state index contributed by atoms with van der Waals surface area (Å²) in [4.78, 5) is 4.54. The van der Waals surface area contributed by atoms with Crippen molar-refractivity contribution in [2.75, 3.05) is 37.0 Å². The van der Waals surface area contributed by atoms with Gasteiger partial charge < -0.3 is 20.5 Å². The predicted molar refractivity (Wildman–Crippen MR) is 93.2 cm³/mol. The molecule has 1 aliphatic carbocycles. The number of nitrogens with one attached hydrogen (secondary N) is 3. The predicted octanol–water partition coefficient (Wildman–Crippen LogP) is 1.49. The zero-order chi connectivity index (χ0) is 17.1. The van der Waals surface area contributed by atoms with Crippen molar-refractivity contribution in [2.45, 2.75) is 18.8 Å². The molecule has 4 N–H and O–H groups in total. The highest BCUT2D eigenvalue weighted by Crippen LogP contribution is 2.39. The van der Waals surface area contributed by atoms with Gasteiger partial charge in [-0.15, -0.1) is 5.10 Å². The fourth-order valence-electron chi connectivity index (χ4n) is 2.64. The number of hydrogen-bond donors (Lipinski definition) is 4. The van der Waals surface area contributed by atoms with Gasteiger partial charge in [0, 0.05) is 30.4 Å². The Labute approximate surface area is 144 Å². The first kappa shape index (κ1) is 15.9. The molecule has 3 heterocycles. The number of aliphatic hydroxyl groups is 1. The largest absolute Gasteiger partial charge is 0.394 e. The molecule has 0 atom stereocenters. The minimum atomic E-state index is 0.0248. The van der Waals surface area contributed by atoms with E-state index in [2.05, 4.69) is 30.9 Å². The van der Waals surface area contributed by atoms with Crippen LogP contribution in [0.25, 0.3) is 5.52 Å². The fourth-order valence-corrected chi connectivity index (χ4v) is 2.64. The van der Waals surface area contributed by atoms with Gasteiger partial charge in [0.2, 0.25) is 5.95 Å². The maximum atomic E-state index is 8.73. The Morgan fingerprint density at radius 3 is 3.12 bits per heavy atom. The quantitative estimate of drug-likeness (QED) is 0.435. The molecule has 0 bridgehead atoms. The average molecular weight is 343 g/mol. The van der Waals surface area contributed by atoms with Crippen LogP contribution >= 0.6 is 0 Å². The summed E-state index contributed by atoms with van der Waals surface area (Å²) in [5.74, 6) is 2.52. The molecule has 9 nitrogen and oxygen atoms in total. The fraction of sp³-hybridized carbons (Fsp3) is 0.438. The van der Waals surface area contributed by atoms with Crippen molar-refractivity contribution in [3.8, 4) is 0 Å². The molecule has 0 aliphatic heterocycles. The first-order chi connectivity index (χ1) is 12.3. The number of aromatic nitrogens is 5. The van der Waals surface area contributed by atoms with E-state index < -0.39 is 0 Å². The molecular weight excluding hydrogens is 322 g/mol. The Balaban J connectivity index is 1.48. The number of aromatic amines is 1. The van der Waals surface area contributed by atoms with Gasteiger partial charge in [-0.2, -0.15) is 10.1 Å². The monoisotopic (exact) mass is 343 g/mol. The van der Waals surface area contributed by atoms with Gasteiger partial charge in [0.1, 0.15) is 5.52 Å². The lowest BCUT2D eigenvalue weighted by molar-refractivity contribution is 0.0992. The Morgan fingerprint density at radius 2 is 2.28 bits per heavy atom. The lowest BCUT2D eigenvalue weighted by Gasteiger charge is -2.10. The van der Waals surface area contributed by atoms with Gasteiger partial charge in [-0.1, -0.05) is 0 Å². The van der Waals surface area contributed by atoms with Crippen molar-refractivity contribution in [2.24, 2.45) is 0 Å². The molecule has 9 heteroatoms. The second kappa shape index (κ2) is 7.08. The van der Waals surface area contributed by atoms with Crippen molar-refractivity contribution in [1.82, 2.24) is 24.8 Å². The number of anilines is 3. The van der Waals surface area contributed by atoms with Gasteiger partial charge in [-0.05, 0) is 25.0 Å². The van der Waals surface area contributed by atoms with E-state index in [9.17, 15) is 0 Å². The topological polar surface area (TPSA) is 112 Å². The molecule has 1 saturated carbocycles. The van der Waals surface area contributed by atoms with Crippen LogP contribution < -0.4 is 10.6 Å². The van der Waals surface area contributed by atoms with E-state index >= 15 is 0 Å². The van der Waals surface area contributed by atoms with Crippen LogP contribution in [0.2, 0.25) is 0 Å². The first-order valence-corrected chi connectivity index (χ1v) is 8.43. The number of hydrogen-bond acceptors (Lipinski definition) is 7. The van der Waals surface area contributed by atoms with Gasteiger partial charge in [0.25, 0.3) is 0 Å². The third-order valence-corrected chi connectivity index (χ3v) is 4.02. The number of ether oxygens (including phenoxy) is 1. The summed E-state index contributed by atoms with van der Waals surface area (Å²) in [5.41, 5.74) is 2.04. The number of H-pyrrole nitrogens is 1. The molecule has 0 aromatic carbocycles. The van der Waals surface area contributed by atoms with E-state index in [0.29, 0.717) is 43.3 Å². The highest BCUT2D eigenvalue weighted by atomic mass is 16.5. The van der Waals surface area contributed by atoms with Gasteiger partial charge in [-0.3, -0.25) is 5.10 Å². The molecule has 0 spiro atoms. The third-order valence-electron chi connectivity index (χ3n) is 4.02. The Hall–Kier alpha value is -2.65.